The molecule has 2 rings (SSSR count). The van der Waals surface area contributed by atoms with E-state index in [9.17, 15) is 5.11 Å². The van der Waals surface area contributed by atoms with Crippen LogP contribution in [0, 0.1) is 0 Å². The number of aromatic hydroxyl groups is 1. The molecule has 0 aromatic heterocycles. The summed E-state index contributed by atoms with van der Waals surface area (Å²) in [6.07, 6.45) is 0. The van der Waals surface area contributed by atoms with Crippen molar-refractivity contribution in [2.75, 3.05) is 0 Å². The number of benzene rings is 2. The van der Waals surface area contributed by atoms with Gasteiger partial charge >= 0.3 is 0 Å². The van der Waals surface area contributed by atoms with Crippen molar-refractivity contribution in [1.82, 2.24) is 0 Å². The van der Waals surface area contributed by atoms with Gasteiger partial charge < -0.3 is 5.11 Å². The average Bonchev–Trinajstić information content (AvgIpc) is 2.07. The summed E-state index contributed by atoms with van der Waals surface area (Å²) in [5, 5.41) is 11.4. The largest absolute Gasteiger partial charge is 0.508 e. The van der Waals surface area contributed by atoms with Gasteiger partial charge in [0.15, 0.2) is 0 Å². The van der Waals surface area contributed by atoms with E-state index in [1.165, 1.54) is 0 Å². The van der Waals surface area contributed by atoms with Gasteiger partial charge in [0.1, 0.15) is 5.75 Å². The summed E-state index contributed by atoms with van der Waals surface area (Å²) in [7, 11) is 0. The van der Waals surface area contributed by atoms with Gasteiger partial charge in [0.05, 0.1) is 0 Å². The van der Waals surface area contributed by atoms with Crippen molar-refractivity contribution in [3.05, 3.63) is 40.9 Å². The zero-order valence-electron chi connectivity index (χ0n) is 6.79. The van der Waals surface area contributed by atoms with Crippen LogP contribution in [0.5, 0.6) is 5.75 Å². The SMILES string of the molecule is Oc1ccc2cccc(Br)c2c1.[Zr]. The molecule has 0 unspecified atom stereocenters. The topological polar surface area (TPSA) is 20.2 Å². The molecule has 0 radical (unpaired) electrons. The van der Waals surface area contributed by atoms with Crippen LogP contribution in [0.2, 0.25) is 0 Å². The standard InChI is InChI=1S/C10H7BrO.Zr/c11-10-3-1-2-7-4-5-8(12)6-9(7)10;/h1-6,12H;. The number of phenolic OH excluding ortho intramolecular Hbond substituents is 1. The molecule has 0 atom stereocenters. The summed E-state index contributed by atoms with van der Waals surface area (Å²) in [6, 6.07) is 11.3. The van der Waals surface area contributed by atoms with Gasteiger partial charge in [-0.1, -0.05) is 34.1 Å². The normalized spacial score (nSPS) is 9.62. The van der Waals surface area contributed by atoms with Gasteiger partial charge in [-0.3, -0.25) is 0 Å². The third-order valence-electron chi connectivity index (χ3n) is 1.81. The fraction of sp³-hybridized carbons (Fsp3) is 0. The van der Waals surface area contributed by atoms with Crippen LogP contribution in [0.25, 0.3) is 10.8 Å². The fourth-order valence-corrected chi connectivity index (χ4v) is 1.72. The number of halogens is 1. The molecule has 0 bridgehead atoms. The van der Waals surface area contributed by atoms with Crippen molar-refractivity contribution in [3.63, 3.8) is 0 Å². The van der Waals surface area contributed by atoms with Gasteiger partial charge in [-0.2, -0.15) is 0 Å². The quantitative estimate of drug-likeness (QED) is 0.791. The first-order valence-corrected chi connectivity index (χ1v) is 4.44. The van der Waals surface area contributed by atoms with Gasteiger partial charge in [-0.25, -0.2) is 0 Å². The van der Waals surface area contributed by atoms with Crippen LogP contribution in [-0.2, 0) is 26.2 Å². The minimum absolute atomic E-state index is 0. The molecule has 3 heteroatoms. The van der Waals surface area contributed by atoms with Gasteiger partial charge in [0.25, 0.3) is 0 Å². The molecule has 0 aliphatic carbocycles. The Kier molecular flexibility index (Phi) is 3.69. The molecule has 1 N–H and O–H groups in total. The first-order chi connectivity index (χ1) is 5.77. The molecule has 0 amide bonds. The van der Waals surface area contributed by atoms with Crippen LogP contribution in [0.15, 0.2) is 40.9 Å². The maximum Gasteiger partial charge on any atom is 0.116 e. The molecule has 2 aromatic carbocycles. The minimum Gasteiger partial charge on any atom is -0.508 e. The second-order valence-electron chi connectivity index (χ2n) is 2.65. The maximum absolute atomic E-state index is 9.23. The Morgan fingerprint density at radius 2 is 1.85 bits per heavy atom. The van der Waals surface area contributed by atoms with E-state index in [1.54, 1.807) is 12.1 Å². The molecule has 0 heterocycles. The molecule has 0 aliphatic heterocycles. The molecule has 64 valence electrons. The second kappa shape index (κ2) is 4.39. The van der Waals surface area contributed by atoms with Crippen molar-refractivity contribution >= 4 is 26.7 Å². The predicted octanol–water partition coefficient (Wildman–Crippen LogP) is 3.31. The molecule has 0 aliphatic rings. The van der Waals surface area contributed by atoms with E-state index in [0.29, 0.717) is 5.75 Å². The molecule has 2 aromatic rings. The van der Waals surface area contributed by atoms with E-state index in [4.69, 9.17) is 0 Å². The van der Waals surface area contributed by atoms with Gasteiger partial charge in [-0.05, 0) is 29.0 Å². The van der Waals surface area contributed by atoms with Gasteiger partial charge in [0, 0.05) is 30.7 Å². The second-order valence-corrected chi connectivity index (χ2v) is 3.50. The third kappa shape index (κ3) is 2.21. The van der Waals surface area contributed by atoms with Crippen LogP contribution < -0.4 is 0 Å². The van der Waals surface area contributed by atoms with Crippen molar-refractivity contribution < 1.29 is 31.3 Å². The van der Waals surface area contributed by atoms with Crippen molar-refractivity contribution in [2.24, 2.45) is 0 Å². The number of hydrogen-bond acceptors (Lipinski definition) is 1. The summed E-state index contributed by atoms with van der Waals surface area (Å²) in [6.45, 7) is 0. The zero-order valence-corrected chi connectivity index (χ0v) is 10.8. The van der Waals surface area contributed by atoms with E-state index in [2.05, 4.69) is 15.9 Å². The summed E-state index contributed by atoms with van der Waals surface area (Å²) >= 11 is 3.42. The van der Waals surface area contributed by atoms with Crippen LogP contribution >= 0.6 is 15.9 Å². The number of hydrogen-bond donors (Lipinski definition) is 1. The number of fused-ring (bicyclic) bond motifs is 1. The fourth-order valence-electron chi connectivity index (χ4n) is 1.22. The van der Waals surface area contributed by atoms with E-state index in [0.717, 1.165) is 15.2 Å². The Hall–Kier alpha value is -0.137. The van der Waals surface area contributed by atoms with Crippen LogP contribution in [0.3, 0.4) is 0 Å². The molecular weight excluding hydrogens is 307 g/mol. The van der Waals surface area contributed by atoms with E-state index in [1.807, 2.05) is 24.3 Å². The molecule has 0 fully saturated rings. The van der Waals surface area contributed by atoms with Crippen LogP contribution in [-0.4, -0.2) is 5.11 Å². The molecule has 13 heavy (non-hydrogen) atoms. The summed E-state index contributed by atoms with van der Waals surface area (Å²) in [5.74, 6) is 0.300. The smallest absolute Gasteiger partial charge is 0.116 e. The molecule has 0 saturated heterocycles. The molecule has 0 spiro atoms. The Bertz CT molecular complexity index is 428. The van der Waals surface area contributed by atoms with Gasteiger partial charge in [-0.15, -0.1) is 0 Å². The Morgan fingerprint density at radius 1 is 1.08 bits per heavy atom. The Labute approximate surface area is 104 Å². The minimum atomic E-state index is 0. The summed E-state index contributed by atoms with van der Waals surface area (Å²) in [4.78, 5) is 0. The maximum atomic E-state index is 9.23. The molecule has 0 saturated carbocycles. The van der Waals surface area contributed by atoms with Crippen molar-refractivity contribution in [2.45, 2.75) is 0 Å². The zero-order chi connectivity index (χ0) is 8.55. The van der Waals surface area contributed by atoms with E-state index >= 15 is 0 Å². The van der Waals surface area contributed by atoms with E-state index in [-0.39, 0.29) is 26.2 Å². The summed E-state index contributed by atoms with van der Waals surface area (Å²) < 4.78 is 1.01. The predicted molar refractivity (Wildman–Crippen MR) is 53.3 cm³/mol. The monoisotopic (exact) mass is 312 g/mol. The third-order valence-corrected chi connectivity index (χ3v) is 2.50. The summed E-state index contributed by atoms with van der Waals surface area (Å²) in [5.41, 5.74) is 0. The number of phenols is 1. The van der Waals surface area contributed by atoms with Crippen molar-refractivity contribution in [1.29, 1.82) is 0 Å². The molecular formula is C10H7BrOZr. The Balaban J connectivity index is 0.000000845. The molecule has 1 nitrogen and oxygen atoms in total. The average molecular weight is 314 g/mol. The van der Waals surface area contributed by atoms with E-state index < -0.39 is 0 Å². The first-order valence-electron chi connectivity index (χ1n) is 3.64. The van der Waals surface area contributed by atoms with Crippen LogP contribution in [0.1, 0.15) is 0 Å². The van der Waals surface area contributed by atoms with Crippen LogP contribution in [0.4, 0.5) is 0 Å². The Morgan fingerprint density at radius 3 is 2.62 bits per heavy atom. The number of rotatable bonds is 0. The van der Waals surface area contributed by atoms with Gasteiger partial charge in [0.2, 0.25) is 0 Å². The van der Waals surface area contributed by atoms with Crippen molar-refractivity contribution in [3.8, 4) is 5.75 Å². The first kappa shape index (κ1) is 10.9.